The highest BCUT2D eigenvalue weighted by Crippen LogP contribution is 2.22. The third-order valence-corrected chi connectivity index (χ3v) is 3.36. The Hall–Kier alpha value is -0.130. The number of nitrogens with two attached hydrogens (primary N) is 1. The lowest BCUT2D eigenvalue weighted by Gasteiger charge is -2.23. The van der Waals surface area contributed by atoms with Crippen LogP contribution >= 0.6 is 0 Å². The van der Waals surface area contributed by atoms with Gasteiger partial charge in [-0.15, -0.1) is 0 Å². The van der Waals surface area contributed by atoms with Crippen LogP contribution in [0.1, 0.15) is 25.7 Å². The lowest BCUT2D eigenvalue weighted by atomic mass is 9.96. The van der Waals surface area contributed by atoms with E-state index in [1.165, 1.54) is 0 Å². The first-order chi connectivity index (χ1) is 5.00. The molecule has 0 aliphatic heterocycles. The van der Waals surface area contributed by atoms with E-state index in [0.717, 1.165) is 12.8 Å². The van der Waals surface area contributed by atoms with Gasteiger partial charge in [0.05, 0.1) is 5.25 Å². The molecule has 0 spiro atoms. The Balaban J connectivity index is 2.60. The first-order valence-corrected chi connectivity index (χ1v) is 5.22. The predicted molar refractivity (Wildman–Crippen MR) is 41.8 cm³/mol. The van der Waals surface area contributed by atoms with Gasteiger partial charge in [0, 0.05) is 6.04 Å². The first kappa shape index (κ1) is 8.96. The average Bonchev–Trinajstić information content (AvgIpc) is 1.86. The van der Waals surface area contributed by atoms with E-state index in [1.54, 1.807) is 0 Å². The Morgan fingerprint density at radius 1 is 1.36 bits per heavy atom. The van der Waals surface area contributed by atoms with Crippen molar-refractivity contribution in [3.05, 3.63) is 0 Å². The quantitative estimate of drug-likeness (QED) is 0.561. The molecule has 4 nitrogen and oxygen atoms in total. The summed E-state index contributed by atoms with van der Waals surface area (Å²) in [5.74, 6) is 0. The van der Waals surface area contributed by atoms with E-state index in [2.05, 4.69) is 0 Å². The van der Waals surface area contributed by atoms with E-state index in [1.807, 2.05) is 0 Å². The third kappa shape index (κ3) is 2.43. The first-order valence-electron chi connectivity index (χ1n) is 3.72. The summed E-state index contributed by atoms with van der Waals surface area (Å²) >= 11 is 0. The van der Waals surface area contributed by atoms with Crippen LogP contribution in [0.15, 0.2) is 0 Å². The Kier molecular flexibility index (Phi) is 2.51. The van der Waals surface area contributed by atoms with Crippen molar-refractivity contribution in [3.8, 4) is 0 Å². The summed E-state index contributed by atoms with van der Waals surface area (Å²) in [6.07, 6.45) is 2.61. The topological polar surface area (TPSA) is 80.4 Å². The predicted octanol–water partition coefficient (Wildman–Crippen LogP) is 0.144. The van der Waals surface area contributed by atoms with E-state index in [9.17, 15) is 8.42 Å². The van der Waals surface area contributed by atoms with Gasteiger partial charge in [-0.3, -0.25) is 4.55 Å². The van der Waals surface area contributed by atoms with Gasteiger partial charge in [-0.1, -0.05) is 6.42 Å². The smallest absolute Gasteiger partial charge is 0.267 e. The van der Waals surface area contributed by atoms with Crippen LogP contribution in [0.3, 0.4) is 0 Å². The monoisotopic (exact) mass is 179 g/mol. The van der Waals surface area contributed by atoms with Gasteiger partial charge in [0.1, 0.15) is 0 Å². The van der Waals surface area contributed by atoms with Crippen LogP contribution in [0, 0.1) is 0 Å². The van der Waals surface area contributed by atoms with Crippen molar-refractivity contribution in [2.24, 2.45) is 5.73 Å². The molecule has 3 N–H and O–H groups in total. The molecule has 1 fully saturated rings. The Morgan fingerprint density at radius 2 is 2.00 bits per heavy atom. The molecule has 2 atom stereocenters. The molecular formula is C6H13NO3S. The number of rotatable bonds is 1. The summed E-state index contributed by atoms with van der Waals surface area (Å²) in [7, 11) is -3.84. The van der Waals surface area contributed by atoms with Crippen LogP contribution in [0.4, 0.5) is 0 Å². The van der Waals surface area contributed by atoms with Crippen LogP contribution in [0.5, 0.6) is 0 Å². The molecule has 0 saturated heterocycles. The minimum Gasteiger partial charge on any atom is -0.328 e. The SMILES string of the molecule is N[C@H]1CCC[C@@H](S(=O)(=O)O)C1. The molecule has 0 aromatic heterocycles. The van der Waals surface area contributed by atoms with E-state index in [-0.39, 0.29) is 6.04 Å². The summed E-state index contributed by atoms with van der Waals surface area (Å²) in [5.41, 5.74) is 5.55. The van der Waals surface area contributed by atoms with Gasteiger partial charge in [-0.05, 0) is 19.3 Å². The lowest BCUT2D eigenvalue weighted by Crippen LogP contribution is -2.34. The van der Waals surface area contributed by atoms with Gasteiger partial charge in [0.25, 0.3) is 10.1 Å². The lowest BCUT2D eigenvalue weighted by molar-refractivity contribution is 0.398. The zero-order chi connectivity index (χ0) is 8.48. The second-order valence-electron chi connectivity index (χ2n) is 3.06. The normalized spacial score (nSPS) is 33.6. The highest BCUT2D eigenvalue weighted by atomic mass is 32.2. The van der Waals surface area contributed by atoms with E-state index in [4.69, 9.17) is 10.3 Å². The van der Waals surface area contributed by atoms with E-state index < -0.39 is 15.4 Å². The molecule has 1 aliphatic carbocycles. The minimum absolute atomic E-state index is 0.0596. The van der Waals surface area contributed by atoms with Crippen molar-refractivity contribution in [1.82, 2.24) is 0 Å². The summed E-state index contributed by atoms with van der Waals surface area (Å²) in [5, 5.41) is -0.619. The van der Waals surface area contributed by atoms with Crippen molar-refractivity contribution in [3.63, 3.8) is 0 Å². The molecule has 1 aliphatic rings. The van der Waals surface area contributed by atoms with Crippen LogP contribution in [0.25, 0.3) is 0 Å². The fraction of sp³-hybridized carbons (Fsp3) is 1.00. The maximum atomic E-state index is 10.6. The molecule has 0 aromatic carbocycles. The molecule has 1 rings (SSSR count). The molecule has 5 heteroatoms. The third-order valence-electron chi connectivity index (χ3n) is 2.09. The zero-order valence-corrected chi connectivity index (χ0v) is 7.05. The van der Waals surface area contributed by atoms with Crippen molar-refractivity contribution >= 4 is 10.1 Å². The molecule has 0 radical (unpaired) electrons. The molecule has 0 amide bonds. The molecule has 66 valence electrons. The van der Waals surface area contributed by atoms with Gasteiger partial charge in [0.15, 0.2) is 0 Å². The molecule has 0 aromatic rings. The highest BCUT2D eigenvalue weighted by molar-refractivity contribution is 7.86. The van der Waals surface area contributed by atoms with Crippen LogP contribution < -0.4 is 5.73 Å². The fourth-order valence-corrected chi connectivity index (χ4v) is 2.41. The van der Waals surface area contributed by atoms with Crippen molar-refractivity contribution in [2.75, 3.05) is 0 Å². The van der Waals surface area contributed by atoms with E-state index in [0.29, 0.717) is 12.8 Å². The second-order valence-corrected chi connectivity index (χ2v) is 4.76. The van der Waals surface area contributed by atoms with Crippen LogP contribution in [-0.2, 0) is 10.1 Å². The van der Waals surface area contributed by atoms with Gasteiger partial charge in [-0.2, -0.15) is 8.42 Å². The van der Waals surface area contributed by atoms with Gasteiger partial charge >= 0.3 is 0 Å². The Labute approximate surface area is 66.5 Å². The van der Waals surface area contributed by atoms with Crippen molar-refractivity contribution < 1.29 is 13.0 Å². The summed E-state index contributed by atoms with van der Waals surface area (Å²) in [6, 6.07) is -0.0596. The standard InChI is InChI=1S/C6H13NO3S/c7-5-2-1-3-6(4-5)11(8,9)10/h5-6H,1-4,7H2,(H,8,9,10)/t5-,6+/m0/s1. The van der Waals surface area contributed by atoms with Gasteiger partial charge in [0.2, 0.25) is 0 Å². The highest BCUT2D eigenvalue weighted by Gasteiger charge is 2.28. The fourth-order valence-electron chi connectivity index (χ4n) is 1.45. The zero-order valence-electron chi connectivity index (χ0n) is 6.23. The number of hydrogen-bond donors (Lipinski definition) is 2. The molecule has 0 unspecified atom stereocenters. The van der Waals surface area contributed by atoms with Crippen LogP contribution in [-0.4, -0.2) is 24.3 Å². The summed E-state index contributed by atoms with van der Waals surface area (Å²) < 4.78 is 29.9. The average molecular weight is 179 g/mol. The molecule has 0 bridgehead atoms. The molecular weight excluding hydrogens is 166 g/mol. The molecule has 11 heavy (non-hydrogen) atoms. The van der Waals surface area contributed by atoms with E-state index >= 15 is 0 Å². The van der Waals surface area contributed by atoms with Crippen molar-refractivity contribution in [1.29, 1.82) is 0 Å². The maximum Gasteiger partial charge on any atom is 0.267 e. The van der Waals surface area contributed by atoms with Gasteiger partial charge < -0.3 is 5.73 Å². The van der Waals surface area contributed by atoms with Gasteiger partial charge in [-0.25, -0.2) is 0 Å². The Bertz CT molecular complexity index is 224. The largest absolute Gasteiger partial charge is 0.328 e. The summed E-state index contributed by atoms with van der Waals surface area (Å²) in [4.78, 5) is 0. The summed E-state index contributed by atoms with van der Waals surface area (Å²) in [6.45, 7) is 0. The second kappa shape index (κ2) is 3.08. The minimum atomic E-state index is -3.84. The molecule has 1 saturated carbocycles. The molecule has 0 heterocycles. The van der Waals surface area contributed by atoms with Crippen molar-refractivity contribution in [2.45, 2.75) is 37.0 Å². The Morgan fingerprint density at radius 3 is 2.36 bits per heavy atom. The number of hydrogen-bond acceptors (Lipinski definition) is 3. The maximum absolute atomic E-state index is 10.6. The van der Waals surface area contributed by atoms with Crippen LogP contribution in [0.2, 0.25) is 0 Å².